The van der Waals surface area contributed by atoms with Gasteiger partial charge in [-0.3, -0.25) is 0 Å². The summed E-state index contributed by atoms with van der Waals surface area (Å²) < 4.78 is 39.9. The lowest BCUT2D eigenvalue weighted by Gasteiger charge is -2.50. The van der Waals surface area contributed by atoms with Crippen molar-refractivity contribution in [2.45, 2.75) is 180 Å². The first-order valence-corrected chi connectivity index (χ1v) is 18.5. The molecular weight excluding hydrogens is 732 g/mol. The maximum atomic E-state index is 11.1. The number of aliphatic hydroxyl groups excluding tert-OH is 14. The molecule has 4 heterocycles. The number of aliphatic hydroxyl groups is 16. The van der Waals surface area contributed by atoms with Crippen molar-refractivity contribution in [3.05, 3.63) is 0 Å². The van der Waals surface area contributed by atoms with Crippen molar-refractivity contribution >= 4 is 0 Å². The van der Waals surface area contributed by atoms with Gasteiger partial charge in [-0.05, 0) is 26.2 Å². The minimum atomic E-state index is -1.84. The topological polar surface area (TPSA) is 351 Å². The second-order valence-electron chi connectivity index (χ2n) is 15.7. The molecule has 0 spiro atoms. The molecule has 54 heavy (non-hydrogen) atoms. The molecule has 0 aromatic heterocycles. The van der Waals surface area contributed by atoms with Gasteiger partial charge < -0.3 is 105 Å². The van der Waals surface area contributed by atoms with Gasteiger partial charge in [0.15, 0.2) is 31.1 Å². The number of rotatable bonds is 9. The van der Waals surface area contributed by atoms with Crippen LogP contribution in [0.3, 0.4) is 0 Å². The van der Waals surface area contributed by atoms with Gasteiger partial charge in [-0.1, -0.05) is 0 Å². The first kappa shape index (κ1) is 42.8. The summed E-state index contributed by atoms with van der Waals surface area (Å²) >= 11 is 0. The molecule has 23 unspecified atom stereocenters. The number of fused-ring (bicyclic) bond motifs is 1. The first-order chi connectivity index (χ1) is 25.5. The van der Waals surface area contributed by atoms with E-state index in [1.54, 1.807) is 0 Å². The van der Waals surface area contributed by atoms with Crippen LogP contribution in [0.5, 0.6) is 0 Å². The Kier molecular flexibility index (Phi) is 13.9. The minimum absolute atomic E-state index is 0.00837. The van der Waals surface area contributed by atoms with Gasteiger partial charge in [-0.15, -0.1) is 0 Å². The van der Waals surface area contributed by atoms with E-state index in [1.807, 2.05) is 0 Å². The van der Waals surface area contributed by atoms with Crippen molar-refractivity contribution < 1.29 is 105 Å². The van der Waals surface area contributed by atoms with E-state index in [9.17, 15) is 71.5 Å². The highest BCUT2D eigenvalue weighted by Crippen LogP contribution is 2.44. The monoisotopic (exact) mass is 789 g/mol. The number of ether oxygens (including phenoxy) is 7. The molecule has 23 atom stereocenters. The van der Waals surface area contributed by atoms with E-state index in [1.165, 1.54) is 6.92 Å². The minimum Gasteiger partial charge on any atom is -0.427 e. The molecule has 4 saturated heterocycles. The number of hydrogen-bond acceptors (Lipinski definition) is 20. The van der Waals surface area contributed by atoms with Crippen LogP contribution < -0.4 is 0 Å². The summed E-state index contributed by atoms with van der Waals surface area (Å²) in [6.45, 7) is 0.205. The summed E-state index contributed by atoms with van der Waals surface area (Å²) in [6.07, 6.45) is -31.6. The highest BCUT2D eigenvalue weighted by molar-refractivity contribution is 5.01. The van der Waals surface area contributed by atoms with E-state index in [0.29, 0.717) is 0 Å². The summed E-state index contributed by atoms with van der Waals surface area (Å²) in [4.78, 5) is 0. The average molecular weight is 790 g/mol. The predicted octanol–water partition coefficient (Wildman–Crippen LogP) is -7.86. The van der Waals surface area contributed by atoms with Crippen LogP contribution in [0.4, 0.5) is 0 Å². The van der Waals surface area contributed by atoms with Gasteiger partial charge in [0.05, 0.1) is 49.7 Å². The molecule has 2 aliphatic carbocycles. The third-order valence-electron chi connectivity index (χ3n) is 12.0. The fourth-order valence-corrected chi connectivity index (χ4v) is 8.73. The van der Waals surface area contributed by atoms with E-state index in [4.69, 9.17) is 33.2 Å². The smallest absolute Gasteiger partial charge is 0.187 e. The summed E-state index contributed by atoms with van der Waals surface area (Å²) in [7, 11) is 0. The second-order valence-corrected chi connectivity index (χ2v) is 15.7. The van der Waals surface area contributed by atoms with Gasteiger partial charge in [-0.2, -0.15) is 0 Å². The zero-order valence-electron chi connectivity index (χ0n) is 29.5. The Morgan fingerprint density at radius 1 is 0.537 bits per heavy atom. The van der Waals surface area contributed by atoms with Gasteiger partial charge in [0.2, 0.25) is 0 Å². The van der Waals surface area contributed by atoms with Gasteiger partial charge in [0.25, 0.3) is 0 Å². The zero-order chi connectivity index (χ0) is 39.3. The molecule has 2 saturated carbocycles. The Morgan fingerprint density at radius 2 is 1.07 bits per heavy atom. The third-order valence-corrected chi connectivity index (χ3v) is 12.0. The van der Waals surface area contributed by atoms with Gasteiger partial charge in [0.1, 0.15) is 79.4 Å². The van der Waals surface area contributed by atoms with E-state index >= 15 is 0 Å². The molecule has 314 valence electrons. The van der Waals surface area contributed by atoms with Gasteiger partial charge in [0, 0.05) is 18.8 Å². The van der Waals surface area contributed by atoms with Crippen LogP contribution in [0, 0.1) is 11.8 Å². The lowest BCUT2D eigenvalue weighted by Crippen LogP contribution is -2.64. The molecular formula is C33H57O21+. The van der Waals surface area contributed by atoms with Crippen molar-refractivity contribution in [3.8, 4) is 0 Å². The summed E-state index contributed by atoms with van der Waals surface area (Å²) in [6, 6.07) is 0. The highest BCUT2D eigenvalue weighted by atomic mass is 16.7. The summed E-state index contributed by atoms with van der Waals surface area (Å²) in [5.74, 6) is -1.19. The fraction of sp³-hybridized carbons (Fsp3) is 1.00. The quantitative estimate of drug-likeness (QED) is 0.0965. The summed E-state index contributed by atoms with van der Waals surface area (Å²) in [5.41, 5.74) is 0. The zero-order valence-corrected chi connectivity index (χ0v) is 29.5. The van der Waals surface area contributed by atoms with Crippen LogP contribution in [0.15, 0.2) is 0 Å². The molecule has 0 bridgehead atoms. The van der Waals surface area contributed by atoms with E-state index in [-0.39, 0.29) is 32.1 Å². The lowest BCUT2D eigenvalue weighted by molar-refractivity contribution is -0.371. The van der Waals surface area contributed by atoms with Crippen molar-refractivity contribution in [2.75, 3.05) is 13.2 Å². The van der Waals surface area contributed by atoms with Crippen molar-refractivity contribution in [2.24, 2.45) is 11.8 Å². The van der Waals surface area contributed by atoms with Crippen LogP contribution in [0.1, 0.15) is 39.0 Å². The van der Waals surface area contributed by atoms with Gasteiger partial charge in [-0.25, -0.2) is 0 Å². The molecule has 0 amide bonds. The molecule has 21 nitrogen and oxygen atoms in total. The van der Waals surface area contributed by atoms with Crippen molar-refractivity contribution in [1.29, 1.82) is 0 Å². The molecule has 4 aliphatic heterocycles. The largest absolute Gasteiger partial charge is 0.427 e. The Hall–Kier alpha value is -0.840. The second kappa shape index (κ2) is 17.6. The third kappa shape index (κ3) is 8.63. The Labute approximate surface area is 309 Å². The SMILES string of the molecule is CC1OC(OCC2OC(OC3CC4C(OC5OC(CO)C(O)C(O)C5O)CC(O)CC4[OH+]C3C3CC(O)C(O)C(O)C3)C(O)C(O)C2O)C(O)C(O)C1O. The van der Waals surface area contributed by atoms with E-state index in [2.05, 4.69) is 0 Å². The van der Waals surface area contributed by atoms with Crippen molar-refractivity contribution in [3.63, 3.8) is 0 Å². The van der Waals surface area contributed by atoms with E-state index in [0.717, 1.165) is 0 Å². The average Bonchev–Trinajstić information content (AvgIpc) is 3.14. The molecule has 6 rings (SSSR count). The normalized spacial score (nSPS) is 55.9. The lowest BCUT2D eigenvalue weighted by atomic mass is 9.72. The van der Waals surface area contributed by atoms with Crippen molar-refractivity contribution in [1.82, 2.24) is 0 Å². The maximum Gasteiger partial charge on any atom is 0.187 e. The van der Waals surface area contributed by atoms with Crippen LogP contribution >= 0.6 is 0 Å². The molecule has 0 radical (unpaired) electrons. The maximum absolute atomic E-state index is 11.1. The number of hydrogen-bond donors (Lipinski definition) is 14. The molecule has 0 aromatic rings. The molecule has 6 fully saturated rings. The van der Waals surface area contributed by atoms with Gasteiger partial charge >= 0.3 is 0 Å². The molecule has 0 aromatic carbocycles. The predicted molar refractivity (Wildman–Crippen MR) is 172 cm³/mol. The van der Waals surface area contributed by atoms with Crippen LogP contribution in [-0.2, 0) is 28.4 Å². The highest BCUT2D eigenvalue weighted by Gasteiger charge is 2.57. The molecule has 15 N–H and O–H groups in total. The Balaban J connectivity index is 1.22. The van der Waals surface area contributed by atoms with Crippen LogP contribution in [0.25, 0.3) is 0 Å². The Morgan fingerprint density at radius 3 is 1.69 bits per heavy atom. The first-order valence-electron chi connectivity index (χ1n) is 18.5. The van der Waals surface area contributed by atoms with Crippen LogP contribution in [0.2, 0.25) is 0 Å². The van der Waals surface area contributed by atoms with Crippen LogP contribution in [-0.4, -0.2) is 230 Å². The molecule has 6 aliphatic rings. The Bertz CT molecular complexity index is 1190. The standard InChI is InChI=1S/C33H56O21/c1-9-20(38)24(42)27(45)31(49-9)48-8-19-23(41)26(44)29(47)33(54-19)52-17-6-12-15(50-30(17)10-2-13(36)21(39)14(37)3-10)4-11(35)5-16(12)51-32-28(46)25(43)22(40)18(7-34)53-32/h9-47H,2-8H2,1H3/p+1. The molecule has 21 heteroatoms. The summed E-state index contributed by atoms with van der Waals surface area (Å²) in [5, 5.41) is 146. The van der Waals surface area contributed by atoms with E-state index < -0.39 is 166 Å². The fourth-order valence-electron chi connectivity index (χ4n) is 8.73.